The molecule has 0 bridgehead atoms. The molecule has 0 radical (unpaired) electrons. The maximum Gasteiger partial charge on any atom is 0.254 e. The molecule has 6 heteroatoms. The fraction of sp³-hybridized carbons (Fsp3) is 0.286. The van der Waals surface area contributed by atoms with Crippen LogP contribution in [0, 0.1) is 0 Å². The van der Waals surface area contributed by atoms with Gasteiger partial charge in [-0.05, 0) is 30.5 Å². The number of hydrogen-bond acceptors (Lipinski definition) is 4. The van der Waals surface area contributed by atoms with Crippen LogP contribution in [0.2, 0.25) is 0 Å². The number of pyridine rings is 2. The number of hydrogen-bond donors (Lipinski definition) is 1. The molecule has 1 N–H and O–H groups in total. The minimum absolute atomic E-state index is 0.0174. The van der Waals surface area contributed by atoms with Crippen molar-refractivity contribution in [3.63, 3.8) is 0 Å². The molecule has 1 aromatic carbocycles. The second-order valence-corrected chi connectivity index (χ2v) is 6.78. The first-order valence-electron chi connectivity index (χ1n) is 9.12. The number of fused-ring (bicyclic) bond motifs is 1. The number of para-hydroxylation sites is 1. The molecule has 0 aliphatic carbocycles. The standard InChI is InChI=1S/C21H21N3O3/c25-20-11-18(17-7-1-2-8-19(17)23-20)21(26)24-10-4-6-16(13-24)27-14-15-5-3-9-22-12-15/h1-3,5,7-9,11-12,16H,4,6,10,13-14H2,(H,23,25)/t16-/m1/s1. The van der Waals surface area contributed by atoms with Crippen LogP contribution in [0.5, 0.6) is 0 Å². The van der Waals surface area contributed by atoms with Crippen molar-refractivity contribution in [3.05, 3.63) is 76.3 Å². The molecule has 1 amide bonds. The molecular weight excluding hydrogens is 342 g/mol. The first kappa shape index (κ1) is 17.4. The van der Waals surface area contributed by atoms with Crippen molar-refractivity contribution in [2.45, 2.75) is 25.6 Å². The summed E-state index contributed by atoms with van der Waals surface area (Å²) in [6.07, 6.45) is 5.30. The van der Waals surface area contributed by atoms with E-state index >= 15 is 0 Å². The molecule has 3 heterocycles. The van der Waals surface area contributed by atoms with Gasteiger partial charge in [-0.2, -0.15) is 0 Å². The minimum atomic E-state index is -0.265. The maximum atomic E-state index is 13.1. The average Bonchev–Trinajstić information content (AvgIpc) is 2.72. The average molecular weight is 363 g/mol. The largest absolute Gasteiger partial charge is 0.372 e. The van der Waals surface area contributed by atoms with Gasteiger partial charge in [-0.1, -0.05) is 24.3 Å². The third-order valence-corrected chi connectivity index (χ3v) is 4.85. The quantitative estimate of drug-likeness (QED) is 0.773. The number of H-pyrrole nitrogens is 1. The van der Waals surface area contributed by atoms with Crippen molar-refractivity contribution >= 4 is 16.8 Å². The fourth-order valence-corrected chi connectivity index (χ4v) is 3.51. The molecular formula is C21H21N3O3. The van der Waals surface area contributed by atoms with Gasteiger partial charge in [-0.25, -0.2) is 0 Å². The highest BCUT2D eigenvalue weighted by Gasteiger charge is 2.26. The number of aromatic amines is 1. The van der Waals surface area contributed by atoms with Crippen LogP contribution in [0.3, 0.4) is 0 Å². The van der Waals surface area contributed by atoms with Gasteiger partial charge in [0.15, 0.2) is 0 Å². The number of nitrogens with zero attached hydrogens (tertiary/aromatic N) is 2. The lowest BCUT2D eigenvalue weighted by atomic mass is 10.0. The van der Waals surface area contributed by atoms with E-state index in [4.69, 9.17) is 4.74 Å². The van der Waals surface area contributed by atoms with Crippen LogP contribution in [0.15, 0.2) is 59.7 Å². The highest BCUT2D eigenvalue weighted by molar-refractivity contribution is 6.05. The molecule has 1 fully saturated rings. The molecule has 27 heavy (non-hydrogen) atoms. The predicted octanol–water partition coefficient (Wildman–Crippen LogP) is 2.74. The zero-order valence-corrected chi connectivity index (χ0v) is 14.9. The molecule has 0 spiro atoms. The number of aromatic nitrogens is 2. The Morgan fingerprint density at radius 1 is 1.26 bits per heavy atom. The van der Waals surface area contributed by atoms with E-state index in [1.165, 1.54) is 6.07 Å². The first-order chi connectivity index (χ1) is 13.2. The Morgan fingerprint density at radius 3 is 3.00 bits per heavy atom. The summed E-state index contributed by atoms with van der Waals surface area (Å²) in [5, 5.41) is 0.764. The van der Waals surface area contributed by atoms with Crippen LogP contribution >= 0.6 is 0 Å². The third kappa shape index (κ3) is 3.90. The minimum Gasteiger partial charge on any atom is -0.372 e. The molecule has 1 aliphatic rings. The fourth-order valence-electron chi connectivity index (χ4n) is 3.51. The molecule has 1 atom stereocenters. The second kappa shape index (κ2) is 7.72. The van der Waals surface area contributed by atoms with E-state index in [0.717, 1.165) is 23.8 Å². The summed E-state index contributed by atoms with van der Waals surface area (Å²) in [4.78, 5) is 33.7. The molecule has 1 aliphatic heterocycles. The van der Waals surface area contributed by atoms with Crippen LogP contribution in [-0.4, -0.2) is 40.0 Å². The van der Waals surface area contributed by atoms with Gasteiger partial charge in [-0.3, -0.25) is 14.6 Å². The smallest absolute Gasteiger partial charge is 0.254 e. The first-order valence-corrected chi connectivity index (χ1v) is 9.12. The van der Waals surface area contributed by atoms with E-state index < -0.39 is 0 Å². The van der Waals surface area contributed by atoms with Gasteiger partial charge < -0.3 is 14.6 Å². The molecule has 0 saturated carbocycles. The van der Waals surface area contributed by atoms with E-state index in [2.05, 4.69) is 9.97 Å². The molecule has 138 valence electrons. The second-order valence-electron chi connectivity index (χ2n) is 6.78. The van der Waals surface area contributed by atoms with Gasteiger partial charge in [-0.15, -0.1) is 0 Å². The summed E-state index contributed by atoms with van der Waals surface area (Å²) in [6, 6.07) is 12.6. The predicted molar refractivity (Wildman–Crippen MR) is 103 cm³/mol. The number of rotatable bonds is 4. The Labute approximate surface area is 156 Å². The summed E-state index contributed by atoms with van der Waals surface area (Å²) in [6.45, 7) is 1.68. The van der Waals surface area contributed by atoms with Crippen LogP contribution in [0.1, 0.15) is 28.8 Å². The topological polar surface area (TPSA) is 75.3 Å². The third-order valence-electron chi connectivity index (χ3n) is 4.85. The number of carbonyl (C=O) groups is 1. The number of piperidine rings is 1. The number of benzene rings is 1. The Bertz CT molecular complexity index is 1000. The Balaban J connectivity index is 1.50. The van der Waals surface area contributed by atoms with E-state index in [-0.39, 0.29) is 17.6 Å². The lowest BCUT2D eigenvalue weighted by Gasteiger charge is -2.33. The van der Waals surface area contributed by atoms with Gasteiger partial charge in [0.25, 0.3) is 5.91 Å². The molecule has 1 saturated heterocycles. The van der Waals surface area contributed by atoms with Gasteiger partial charge in [0.1, 0.15) is 0 Å². The summed E-state index contributed by atoms with van der Waals surface area (Å²) in [5.41, 5.74) is 1.87. The highest BCUT2D eigenvalue weighted by atomic mass is 16.5. The SMILES string of the molecule is O=C(c1cc(=O)[nH]c2ccccc12)N1CCC[C@@H](OCc2cccnc2)C1. The molecule has 3 aromatic rings. The molecule has 0 unspecified atom stereocenters. The summed E-state index contributed by atoms with van der Waals surface area (Å²) in [7, 11) is 0. The Morgan fingerprint density at radius 2 is 2.15 bits per heavy atom. The lowest BCUT2D eigenvalue weighted by Crippen LogP contribution is -2.43. The van der Waals surface area contributed by atoms with Crippen molar-refractivity contribution < 1.29 is 9.53 Å². The summed E-state index contributed by atoms with van der Waals surface area (Å²) >= 11 is 0. The van der Waals surface area contributed by atoms with Gasteiger partial charge in [0.05, 0.1) is 18.3 Å². The number of likely N-dealkylation sites (tertiary alicyclic amines) is 1. The van der Waals surface area contributed by atoms with Crippen molar-refractivity contribution in [2.75, 3.05) is 13.1 Å². The van der Waals surface area contributed by atoms with E-state index in [1.54, 1.807) is 17.3 Å². The number of nitrogens with one attached hydrogen (secondary N) is 1. The zero-order chi connectivity index (χ0) is 18.6. The van der Waals surface area contributed by atoms with Crippen LogP contribution in [-0.2, 0) is 11.3 Å². The van der Waals surface area contributed by atoms with Gasteiger partial charge in [0.2, 0.25) is 5.56 Å². The summed E-state index contributed by atoms with van der Waals surface area (Å²) in [5.74, 6) is -0.119. The number of ether oxygens (including phenoxy) is 1. The monoisotopic (exact) mass is 363 g/mol. The number of amides is 1. The Hall–Kier alpha value is -2.99. The van der Waals surface area contributed by atoms with Crippen LogP contribution in [0.4, 0.5) is 0 Å². The summed E-state index contributed by atoms with van der Waals surface area (Å²) < 4.78 is 5.99. The molecule has 2 aromatic heterocycles. The van der Waals surface area contributed by atoms with Gasteiger partial charge in [0, 0.05) is 42.5 Å². The zero-order valence-electron chi connectivity index (χ0n) is 14.9. The molecule has 6 nitrogen and oxygen atoms in total. The van der Waals surface area contributed by atoms with Crippen molar-refractivity contribution in [3.8, 4) is 0 Å². The van der Waals surface area contributed by atoms with Crippen LogP contribution < -0.4 is 5.56 Å². The maximum absolute atomic E-state index is 13.1. The van der Waals surface area contributed by atoms with E-state index in [1.807, 2.05) is 36.4 Å². The van der Waals surface area contributed by atoms with Crippen molar-refractivity contribution in [1.82, 2.24) is 14.9 Å². The van der Waals surface area contributed by atoms with Crippen molar-refractivity contribution in [1.29, 1.82) is 0 Å². The van der Waals surface area contributed by atoms with Crippen molar-refractivity contribution in [2.24, 2.45) is 0 Å². The highest BCUT2D eigenvalue weighted by Crippen LogP contribution is 2.21. The Kier molecular flexibility index (Phi) is 4.98. The number of carbonyl (C=O) groups excluding carboxylic acids is 1. The normalized spacial score (nSPS) is 17.2. The van der Waals surface area contributed by atoms with Gasteiger partial charge >= 0.3 is 0 Å². The van der Waals surface area contributed by atoms with Crippen LogP contribution in [0.25, 0.3) is 10.9 Å². The molecule has 4 rings (SSSR count). The van der Waals surface area contributed by atoms with E-state index in [0.29, 0.717) is 30.8 Å². The van der Waals surface area contributed by atoms with E-state index in [9.17, 15) is 9.59 Å². The lowest BCUT2D eigenvalue weighted by molar-refractivity contribution is -0.00676.